The molecule has 27 heavy (non-hydrogen) atoms. The van der Waals surface area contributed by atoms with Crippen molar-refractivity contribution in [1.82, 2.24) is 20.3 Å². The number of nitrogens with zero attached hydrogens (tertiary/aromatic N) is 2. The fourth-order valence-corrected chi connectivity index (χ4v) is 3.09. The molecule has 0 aliphatic carbocycles. The number of carbonyl (C=O) groups is 1. The van der Waals surface area contributed by atoms with Crippen LogP contribution < -0.4 is 10.1 Å². The van der Waals surface area contributed by atoms with Crippen molar-refractivity contribution in [1.29, 1.82) is 0 Å². The smallest absolute Gasteiger partial charge is 0.249 e. The molecule has 0 spiro atoms. The lowest BCUT2D eigenvalue weighted by Crippen LogP contribution is -2.35. The van der Waals surface area contributed by atoms with Crippen LogP contribution in [-0.2, 0) is 16.1 Å². The maximum Gasteiger partial charge on any atom is 0.249 e. The number of amides is 1. The fraction of sp³-hybridized carbons (Fsp3) is 0.316. The van der Waals surface area contributed by atoms with Gasteiger partial charge in [-0.1, -0.05) is 18.5 Å². The second kappa shape index (κ2) is 8.37. The molecular formula is C19H21ClN4O3. The monoisotopic (exact) mass is 388 g/mol. The third kappa shape index (κ3) is 4.20. The summed E-state index contributed by atoms with van der Waals surface area (Å²) in [5.74, 6) is 0.307. The number of fused-ring (bicyclic) bond motifs is 1. The Labute approximate surface area is 162 Å². The Balaban J connectivity index is 1.82. The van der Waals surface area contributed by atoms with Gasteiger partial charge in [0.25, 0.3) is 0 Å². The Morgan fingerprint density at radius 1 is 1.26 bits per heavy atom. The molecule has 0 unspecified atom stereocenters. The van der Waals surface area contributed by atoms with Crippen molar-refractivity contribution in [2.24, 2.45) is 0 Å². The molecule has 2 N–H and O–H groups in total. The number of hydrogen-bond acceptors (Lipinski definition) is 5. The van der Waals surface area contributed by atoms with E-state index in [0.717, 1.165) is 22.2 Å². The van der Waals surface area contributed by atoms with E-state index in [1.807, 2.05) is 25.1 Å². The number of H-pyrrole nitrogens is 1. The predicted molar refractivity (Wildman–Crippen MR) is 104 cm³/mol. The summed E-state index contributed by atoms with van der Waals surface area (Å²) in [4.78, 5) is 23.8. The summed E-state index contributed by atoms with van der Waals surface area (Å²) >= 11 is 6.43. The van der Waals surface area contributed by atoms with Crippen molar-refractivity contribution in [2.45, 2.75) is 26.0 Å². The second-order valence-corrected chi connectivity index (χ2v) is 6.42. The lowest BCUT2D eigenvalue weighted by molar-refractivity contribution is -0.131. The Hall–Kier alpha value is -2.64. The molecule has 0 fully saturated rings. The first-order valence-electron chi connectivity index (χ1n) is 8.53. The minimum Gasteiger partial charge on any atom is -0.480 e. The first kappa shape index (κ1) is 19.1. The van der Waals surface area contributed by atoms with Crippen LogP contribution in [0.25, 0.3) is 22.2 Å². The van der Waals surface area contributed by atoms with Gasteiger partial charge in [-0.05, 0) is 24.6 Å². The van der Waals surface area contributed by atoms with Crippen LogP contribution in [-0.4, -0.2) is 41.2 Å². The topological polar surface area (TPSA) is 89.1 Å². The average Bonchev–Trinajstić information content (AvgIpc) is 3.08. The summed E-state index contributed by atoms with van der Waals surface area (Å²) in [6.07, 6.45) is 3.35. The highest BCUT2D eigenvalue weighted by atomic mass is 35.5. The summed E-state index contributed by atoms with van der Waals surface area (Å²) in [5.41, 5.74) is 3.19. The lowest BCUT2D eigenvalue weighted by atomic mass is 10.1. The Morgan fingerprint density at radius 3 is 2.70 bits per heavy atom. The van der Waals surface area contributed by atoms with Crippen molar-refractivity contribution in [3.05, 3.63) is 41.3 Å². The van der Waals surface area contributed by atoms with Gasteiger partial charge < -0.3 is 19.8 Å². The SMILES string of the molecule is CC[C@@H](OC)C(=O)NCc1cc2cc(Cl)c(-c3cnc(OC)cn3)cc2[nH]1. The standard InChI is InChI=1S/C19H21ClN4O3/c1-4-17(26-2)19(25)23-8-12-5-11-6-14(20)13(7-15(11)24-12)16-9-22-18(27-3)10-21-16/h5-7,9-10,17,24H,4,8H2,1-3H3,(H,23,25)/t17-/m1/s1. The van der Waals surface area contributed by atoms with Crippen LogP contribution in [0.1, 0.15) is 19.0 Å². The van der Waals surface area contributed by atoms with Gasteiger partial charge in [0, 0.05) is 29.3 Å². The summed E-state index contributed by atoms with van der Waals surface area (Å²) in [6, 6.07) is 5.74. The minimum atomic E-state index is -0.441. The zero-order valence-electron chi connectivity index (χ0n) is 15.4. The number of nitrogens with one attached hydrogen (secondary N) is 2. The lowest BCUT2D eigenvalue weighted by Gasteiger charge is -2.12. The molecule has 0 aliphatic heterocycles. The van der Waals surface area contributed by atoms with Gasteiger partial charge >= 0.3 is 0 Å². The summed E-state index contributed by atoms with van der Waals surface area (Å²) in [5, 5.41) is 4.39. The highest BCUT2D eigenvalue weighted by Gasteiger charge is 2.15. The number of rotatable bonds is 7. The van der Waals surface area contributed by atoms with Crippen LogP contribution in [0.5, 0.6) is 5.88 Å². The number of halogens is 1. The fourth-order valence-electron chi connectivity index (χ4n) is 2.82. The minimum absolute atomic E-state index is 0.133. The zero-order valence-corrected chi connectivity index (χ0v) is 16.1. The molecule has 1 amide bonds. The summed E-state index contributed by atoms with van der Waals surface area (Å²) in [7, 11) is 3.07. The maximum atomic E-state index is 12.0. The van der Waals surface area contributed by atoms with Crippen molar-refractivity contribution < 1.29 is 14.3 Å². The highest BCUT2D eigenvalue weighted by molar-refractivity contribution is 6.34. The molecule has 142 valence electrons. The quantitative estimate of drug-likeness (QED) is 0.648. The van der Waals surface area contributed by atoms with E-state index in [0.29, 0.717) is 29.6 Å². The molecule has 3 aromatic rings. The molecule has 0 aliphatic rings. The van der Waals surface area contributed by atoms with Crippen molar-refractivity contribution in [3.63, 3.8) is 0 Å². The first-order chi connectivity index (χ1) is 13.0. The van der Waals surface area contributed by atoms with E-state index >= 15 is 0 Å². The number of carbonyl (C=O) groups excluding carboxylic acids is 1. The van der Waals surface area contributed by atoms with E-state index in [1.165, 1.54) is 14.2 Å². The Kier molecular flexibility index (Phi) is 5.93. The molecule has 1 aromatic carbocycles. The molecule has 3 rings (SSSR count). The molecule has 2 aromatic heterocycles. The van der Waals surface area contributed by atoms with Crippen LogP contribution in [0.15, 0.2) is 30.6 Å². The largest absolute Gasteiger partial charge is 0.480 e. The van der Waals surface area contributed by atoms with Crippen molar-refractivity contribution in [2.75, 3.05) is 14.2 Å². The van der Waals surface area contributed by atoms with Gasteiger partial charge in [0.1, 0.15) is 6.10 Å². The number of aromatic amines is 1. The van der Waals surface area contributed by atoms with Gasteiger partial charge in [-0.3, -0.25) is 4.79 Å². The number of methoxy groups -OCH3 is 2. The predicted octanol–water partition coefficient (Wildman–Crippen LogP) is 3.33. The Morgan fingerprint density at radius 2 is 2.07 bits per heavy atom. The van der Waals surface area contributed by atoms with E-state index in [-0.39, 0.29) is 5.91 Å². The van der Waals surface area contributed by atoms with Gasteiger partial charge in [0.05, 0.1) is 36.8 Å². The molecule has 0 saturated heterocycles. The number of hydrogen-bond donors (Lipinski definition) is 2. The summed E-state index contributed by atoms with van der Waals surface area (Å²) in [6.45, 7) is 2.28. The molecule has 0 bridgehead atoms. The number of aromatic nitrogens is 3. The van der Waals surface area contributed by atoms with Crippen molar-refractivity contribution in [3.8, 4) is 17.1 Å². The molecule has 2 heterocycles. The summed E-state index contributed by atoms with van der Waals surface area (Å²) < 4.78 is 10.2. The van der Waals surface area contributed by atoms with Gasteiger partial charge in [-0.15, -0.1) is 0 Å². The normalized spacial score (nSPS) is 12.1. The van der Waals surface area contributed by atoms with Gasteiger partial charge in [0.15, 0.2) is 0 Å². The number of benzene rings is 1. The van der Waals surface area contributed by atoms with Crippen LogP contribution in [0, 0.1) is 0 Å². The second-order valence-electron chi connectivity index (χ2n) is 6.01. The third-order valence-corrected chi connectivity index (χ3v) is 4.59. The van der Waals surface area contributed by atoms with E-state index in [1.54, 1.807) is 12.4 Å². The van der Waals surface area contributed by atoms with Crippen LogP contribution in [0.4, 0.5) is 0 Å². The molecule has 7 nitrogen and oxygen atoms in total. The van der Waals surface area contributed by atoms with E-state index in [9.17, 15) is 4.79 Å². The zero-order chi connectivity index (χ0) is 19.4. The number of ether oxygens (including phenoxy) is 2. The van der Waals surface area contributed by atoms with Gasteiger partial charge in [-0.2, -0.15) is 0 Å². The van der Waals surface area contributed by atoms with E-state index < -0.39 is 6.10 Å². The van der Waals surface area contributed by atoms with Crippen LogP contribution >= 0.6 is 11.6 Å². The molecule has 8 heteroatoms. The molecule has 0 saturated carbocycles. The van der Waals surface area contributed by atoms with Crippen LogP contribution in [0.2, 0.25) is 5.02 Å². The van der Waals surface area contributed by atoms with Crippen LogP contribution in [0.3, 0.4) is 0 Å². The van der Waals surface area contributed by atoms with E-state index in [2.05, 4.69) is 20.3 Å². The molecule has 0 radical (unpaired) electrons. The van der Waals surface area contributed by atoms with Crippen molar-refractivity contribution >= 4 is 28.4 Å². The molecule has 1 atom stereocenters. The third-order valence-electron chi connectivity index (χ3n) is 4.28. The first-order valence-corrected chi connectivity index (χ1v) is 8.91. The molecular weight excluding hydrogens is 368 g/mol. The van der Waals surface area contributed by atoms with Gasteiger partial charge in [-0.25, -0.2) is 9.97 Å². The average molecular weight is 389 g/mol. The Bertz CT molecular complexity index is 936. The maximum absolute atomic E-state index is 12.0. The highest BCUT2D eigenvalue weighted by Crippen LogP contribution is 2.31. The van der Waals surface area contributed by atoms with E-state index in [4.69, 9.17) is 21.1 Å². The van der Waals surface area contributed by atoms with Gasteiger partial charge in [0.2, 0.25) is 11.8 Å².